The molecule has 0 spiro atoms. The summed E-state index contributed by atoms with van der Waals surface area (Å²) >= 11 is 0. The number of rotatable bonds is 2. The van der Waals surface area contributed by atoms with Crippen molar-refractivity contribution in [2.75, 3.05) is 13.1 Å². The molecule has 5 nitrogen and oxygen atoms in total. The van der Waals surface area contributed by atoms with Crippen molar-refractivity contribution >= 4 is 22.5 Å². The number of carbonyl (C=O) groups excluding carboxylic acids is 1. The molecular formula is C21H20N4O. The Morgan fingerprint density at radius 2 is 1.96 bits per heavy atom. The second-order valence-corrected chi connectivity index (χ2v) is 6.99. The molecule has 3 aromatic heterocycles. The molecule has 130 valence electrons. The van der Waals surface area contributed by atoms with Crippen molar-refractivity contribution in [1.29, 1.82) is 0 Å². The van der Waals surface area contributed by atoms with E-state index in [1.54, 1.807) is 6.20 Å². The first-order valence-electron chi connectivity index (χ1n) is 9.07. The molecule has 1 saturated heterocycles. The van der Waals surface area contributed by atoms with Gasteiger partial charge >= 0.3 is 0 Å². The predicted octanol–water partition coefficient (Wildman–Crippen LogP) is 3.84. The SMILES string of the molecule is O=C(c1ccc2nccn2c1)N1CCC(c2cc3ccccc3[nH]2)CC1. The number of aromatic amines is 1. The zero-order chi connectivity index (χ0) is 17.5. The van der Waals surface area contributed by atoms with Crippen LogP contribution in [0.3, 0.4) is 0 Å². The Hall–Kier alpha value is -3.08. The quantitative estimate of drug-likeness (QED) is 0.601. The highest BCUT2D eigenvalue weighted by molar-refractivity contribution is 5.94. The van der Waals surface area contributed by atoms with Gasteiger partial charge in [0.2, 0.25) is 0 Å². The molecule has 1 aliphatic heterocycles. The number of fused-ring (bicyclic) bond motifs is 2. The molecule has 1 aliphatic rings. The Morgan fingerprint density at radius 3 is 2.81 bits per heavy atom. The van der Waals surface area contributed by atoms with Crippen LogP contribution in [0.5, 0.6) is 0 Å². The monoisotopic (exact) mass is 344 g/mol. The number of amides is 1. The summed E-state index contributed by atoms with van der Waals surface area (Å²) < 4.78 is 1.89. The number of para-hydroxylation sites is 1. The second kappa shape index (κ2) is 6.02. The molecule has 5 heteroatoms. The van der Waals surface area contributed by atoms with Crippen LogP contribution in [0.15, 0.2) is 61.1 Å². The van der Waals surface area contributed by atoms with Gasteiger partial charge in [0.05, 0.1) is 5.56 Å². The van der Waals surface area contributed by atoms with Gasteiger partial charge in [-0.1, -0.05) is 18.2 Å². The van der Waals surface area contributed by atoms with Crippen LogP contribution in [0.2, 0.25) is 0 Å². The van der Waals surface area contributed by atoms with E-state index in [0.29, 0.717) is 5.92 Å². The molecule has 0 unspecified atom stereocenters. The van der Waals surface area contributed by atoms with Gasteiger partial charge in [0.15, 0.2) is 0 Å². The van der Waals surface area contributed by atoms with Crippen molar-refractivity contribution in [3.8, 4) is 0 Å². The van der Waals surface area contributed by atoms with Crippen molar-refractivity contribution in [3.05, 3.63) is 72.3 Å². The first kappa shape index (κ1) is 15.2. The van der Waals surface area contributed by atoms with Crippen LogP contribution in [0.25, 0.3) is 16.6 Å². The maximum atomic E-state index is 12.8. The molecule has 0 aliphatic carbocycles. The number of hydrogen-bond donors (Lipinski definition) is 1. The van der Waals surface area contributed by atoms with Crippen LogP contribution in [0.4, 0.5) is 0 Å². The molecule has 1 amide bonds. The summed E-state index contributed by atoms with van der Waals surface area (Å²) in [6.07, 6.45) is 7.47. The zero-order valence-electron chi connectivity index (χ0n) is 14.4. The number of imidazole rings is 1. The highest BCUT2D eigenvalue weighted by Gasteiger charge is 2.25. The van der Waals surface area contributed by atoms with E-state index in [0.717, 1.165) is 37.1 Å². The van der Waals surface area contributed by atoms with Gasteiger partial charge in [0.1, 0.15) is 5.65 Å². The molecule has 0 bridgehead atoms. The maximum absolute atomic E-state index is 12.8. The van der Waals surface area contributed by atoms with Crippen molar-refractivity contribution in [3.63, 3.8) is 0 Å². The summed E-state index contributed by atoms with van der Waals surface area (Å²) in [5.41, 5.74) is 4.06. The lowest BCUT2D eigenvalue weighted by atomic mass is 9.93. The molecule has 5 rings (SSSR count). The van der Waals surface area contributed by atoms with Crippen LogP contribution < -0.4 is 0 Å². The topological polar surface area (TPSA) is 53.4 Å². The molecule has 0 radical (unpaired) electrons. The zero-order valence-corrected chi connectivity index (χ0v) is 14.4. The first-order valence-corrected chi connectivity index (χ1v) is 9.07. The lowest BCUT2D eigenvalue weighted by Crippen LogP contribution is -2.38. The van der Waals surface area contributed by atoms with E-state index in [9.17, 15) is 4.79 Å². The van der Waals surface area contributed by atoms with Crippen molar-refractivity contribution < 1.29 is 4.79 Å². The summed E-state index contributed by atoms with van der Waals surface area (Å²) in [7, 11) is 0. The molecule has 1 fully saturated rings. The Labute approximate surface area is 151 Å². The Kier molecular flexibility index (Phi) is 3.52. The number of nitrogens with one attached hydrogen (secondary N) is 1. The third kappa shape index (κ3) is 2.56. The van der Waals surface area contributed by atoms with E-state index in [2.05, 4.69) is 40.3 Å². The number of hydrogen-bond acceptors (Lipinski definition) is 2. The van der Waals surface area contributed by atoms with E-state index < -0.39 is 0 Å². The van der Waals surface area contributed by atoms with Crippen LogP contribution in [-0.4, -0.2) is 38.3 Å². The number of piperidine rings is 1. The van der Waals surface area contributed by atoms with Crippen LogP contribution >= 0.6 is 0 Å². The third-order valence-corrected chi connectivity index (χ3v) is 5.41. The fourth-order valence-electron chi connectivity index (χ4n) is 3.94. The lowest BCUT2D eigenvalue weighted by molar-refractivity contribution is 0.0711. The Bertz CT molecular complexity index is 1050. The van der Waals surface area contributed by atoms with Gasteiger partial charge in [0.25, 0.3) is 5.91 Å². The van der Waals surface area contributed by atoms with Crippen molar-refractivity contribution in [2.45, 2.75) is 18.8 Å². The van der Waals surface area contributed by atoms with E-state index in [1.807, 2.05) is 33.8 Å². The summed E-state index contributed by atoms with van der Waals surface area (Å²) in [5, 5.41) is 1.26. The number of likely N-dealkylation sites (tertiary alicyclic amines) is 1. The van der Waals surface area contributed by atoms with E-state index in [1.165, 1.54) is 16.6 Å². The van der Waals surface area contributed by atoms with Crippen LogP contribution in [-0.2, 0) is 0 Å². The third-order valence-electron chi connectivity index (χ3n) is 5.41. The van der Waals surface area contributed by atoms with E-state index in [-0.39, 0.29) is 5.91 Å². The molecule has 26 heavy (non-hydrogen) atoms. The average molecular weight is 344 g/mol. The minimum absolute atomic E-state index is 0.107. The summed E-state index contributed by atoms with van der Waals surface area (Å²) in [5.74, 6) is 0.596. The minimum Gasteiger partial charge on any atom is -0.358 e. The number of carbonyl (C=O) groups is 1. The lowest BCUT2D eigenvalue weighted by Gasteiger charge is -2.31. The molecule has 1 aromatic carbocycles. The van der Waals surface area contributed by atoms with Crippen molar-refractivity contribution in [1.82, 2.24) is 19.3 Å². The van der Waals surface area contributed by atoms with Gasteiger partial charge in [-0.2, -0.15) is 0 Å². The summed E-state index contributed by atoms with van der Waals surface area (Å²) in [6, 6.07) is 14.4. The molecule has 4 heterocycles. The molecule has 1 N–H and O–H groups in total. The normalized spacial score (nSPS) is 15.8. The number of nitrogens with zero attached hydrogens (tertiary/aromatic N) is 3. The Balaban J connectivity index is 1.30. The fraction of sp³-hybridized carbons (Fsp3) is 0.238. The highest BCUT2D eigenvalue weighted by Crippen LogP contribution is 2.30. The number of H-pyrrole nitrogens is 1. The van der Waals surface area contributed by atoms with Gasteiger partial charge in [-0.05, 0) is 42.5 Å². The number of pyridine rings is 1. The minimum atomic E-state index is 0.107. The van der Waals surface area contributed by atoms with Gasteiger partial charge in [-0.25, -0.2) is 4.98 Å². The molecular weight excluding hydrogens is 324 g/mol. The fourth-order valence-corrected chi connectivity index (χ4v) is 3.94. The van der Waals surface area contributed by atoms with Crippen molar-refractivity contribution in [2.24, 2.45) is 0 Å². The smallest absolute Gasteiger partial charge is 0.255 e. The largest absolute Gasteiger partial charge is 0.358 e. The van der Waals surface area contributed by atoms with Gasteiger partial charge in [-0.3, -0.25) is 4.79 Å². The van der Waals surface area contributed by atoms with Gasteiger partial charge in [0, 0.05) is 48.8 Å². The molecule has 4 aromatic rings. The standard InChI is InChI=1S/C21H20N4O/c26-21(17-5-6-20-22-9-12-25(20)14-17)24-10-7-15(8-11-24)19-13-16-3-1-2-4-18(16)23-19/h1-6,9,12-15,23H,7-8,10-11H2. The molecule has 0 atom stereocenters. The number of aromatic nitrogens is 3. The van der Waals surface area contributed by atoms with E-state index in [4.69, 9.17) is 0 Å². The maximum Gasteiger partial charge on any atom is 0.255 e. The summed E-state index contributed by atoms with van der Waals surface area (Å²) in [4.78, 5) is 22.6. The summed E-state index contributed by atoms with van der Waals surface area (Å²) in [6.45, 7) is 1.58. The molecule has 0 saturated carbocycles. The number of benzene rings is 1. The van der Waals surface area contributed by atoms with Crippen LogP contribution in [0.1, 0.15) is 34.8 Å². The van der Waals surface area contributed by atoms with Gasteiger partial charge < -0.3 is 14.3 Å². The van der Waals surface area contributed by atoms with Gasteiger partial charge in [-0.15, -0.1) is 0 Å². The second-order valence-electron chi connectivity index (χ2n) is 6.99. The van der Waals surface area contributed by atoms with E-state index >= 15 is 0 Å². The predicted molar refractivity (Wildman–Crippen MR) is 101 cm³/mol. The average Bonchev–Trinajstić information content (AvgIpc) is 3.33. The first-order chi connectivity index (χ1) is 12.8. The Morgan fingerprint density at radius 1 is 1.12 bits per heavy atom. The van der Waals surface area contributed by atoms with Crippen LogP contribution in [0, 0.1) is 0 Å². The highest BCUT2D eigenvalue weighted by atomic mass is 16.2.